The second-order valence-electron chi connectivity index (χ2n) is 3.65. The Morgan fingerprint density at radius 1 is 1.75 bits per heavy atom. The molecule has 0 saturated carbocycles. The van der Waals surface area contributed by atoms with Crippen molar-refractivity contribution in [3.63, 3.8) is 0 Å². The van der Waals surface area contributed by atoms with E-state index >= 15 is 0 Å². The maximum Gasteiger partial charge on any atom is 0.341 e. The first-order valence-electron chi connectivity index (χ1n) is 4.31. The summed E-state index contributed by atoms with van der Waals surface area (Å²) in [7, 11) is 0. The van der Waals surface area contributed by atoms with Crippen LogP contribution >= 0.6 is 0 Å². The van der Waals surface area contributed by atoms with E-state index in [2.05, 4.69) is 22.5 Å². The molecule has 2 aliphatic rings. The van der Waals surface area contributed by atoms with Crippen LogP contribution in [0.1, 0.15) is 19.8 Å². The number of rotatable bonds is 0. The van der Waals surface area contributed by atoms with Gasteiger partial charge in [0.1, 0.15) is 0 Å². The molecule has 1 fully saturated rings. The lowest BCUT2D eigenvalue weighted by atomic mass is 9.86. The molecule has 4 heteroatoms. The van der Waals surface area contributed by atoms with Crippen molar-refractivity contribution in [3.8, 4) is 0 Å². The van der Waals surface area contributed by atoms with Gasteiger partial charge in [0, 0.05) is 12.3 Å². The van der Waals surface area contributed by atoms with Crippen LogP contribution in [0, 0.1) is 0 Å². The van der Waals surface area contributed by atoms with Crippen LogP contribution in [-0.4, -0.2) is 30.4 Å². The highest BCUT2D eigenvalue weighted by molar-refractivity contribution is 5.95. The zero-order chi connectivity index (χ0) is 8.60. The molecule has 2 N–H and O–H groups in total. The van der Waals surface area contributed by atoms with E-state index in [9.17, 15) is 4.79 Å². The number of nitrogens with one attached hydrogen (secondary N) is 2. The minimum absolute atomic E-state index is 0.137. The number of nitrogens with zero attached hydrogens (tertiary/aromatic N) is 1. The number of urea groups is 1. The Labute approximate surface area is 71.4 Å². The third-order valence-corrected chi connectivity index (χ3v) is 2.52. The van der Waals surface area contributed by atoms with Gasteiger partial charge in [-0.1, -0.05) is 0 Å². The summed E-state index contributed by atoms with van der Waals surface area (Å²) in [4.78, 5) is 14.6. The maximum atomic E-state index is 10.9. The lowest BCUT2D eigenvalue weighted by molar-refractivity contribution is 0.236. The fraction of sp³-hybridized carbons (Fsp3) is 0.750. The Morgan fingerprint density at radius 2 is 2.58 bits per heavy atom. The van der Waals surface area contributed by atoms with Gasteiger partial charge in [0.15, 0.2) is 0 Å². The van der Waals surface area contributed by atoms with Crippen LogP contribution in [-0.2, 0) is 0 Å². The van der Waals surface area contributed by atoms with Crippen molar-refractivity contribution in [3.05, 3.63) is 0 Å². The summed E-state index contributed by atoms with van der Waals surface area (Å²) >= 11 is 0. The number of carbonyl (C=O) groups excluding carboxylic acids is 1. The molecule has 4 nitrogen and oxygen atoms in total. The molecule has 1 saturated heterocycles. The number of hydrogen-bond donors (Lipinski definition) is 2. The highest BCUT2D eigenvalue weighted by atomic mass is 16.2. The third kappa shape index (κ3) is 1.22. The molecule has 2 unspecified atom stereocenters. The summed E-state index contributed by atoms with van der Waals surface area (Å²) in [5, 5.41) is 6.23. The van der Waals surface area contributed by atoms with Crippen molar-refractivity contribution in [2.75, 3.05) is 6.54 Å². The minimum atomic E-state index is -0.191. The van der Waals surface area contributed by atoms with Crippen molar-refractivity contribution in [1.82, 2.24) is 10.6 Å². The topological polar surface area (TPSA) is 53.5 Å². The predicted molar refractivity (Wildman–Crippen MR) is 46.5 cm³/mol. The van der Waals surface area contributed by atoms with E-state index in [1.807, 2.05) is 0 Å². The molecule has 2 atom stereocenters. The summed E-state index contributed by atoms with van der Waals surface area (Å²) in [5.41, 5.74) is -0.137. The number of piperidine rings is 1. The van der Waals surface area contributed by atoms with E-state index in [1.54, 1.807) is 6.21 Å². The summed E-state index contributed by atoms with van der Waals surface area (Å²) in [6.45, 7) is 3.08. The smallest absolute Gasteiger partial charge is 0.326 e. The summed E-state index contributed by atoms with van der Waals surface area (Å²) in [6, 6.07) is 0.271. The molecule has 0 aromatic heterocycles. The number of amides is 2. The molecule has 2 aliphatic heterocycles. The van der Waals surface area contributed by atoms with Crippen molar-refractivity contribution < 1.29 is 4.79 Å². The molecule has 0 aromatic rings. The van der Waals surface area contributed by atoms with E-state index < -0.39 is 0 Å². The molecule has 1 spiro atoms. The van der Waals surface area contributed by atoms with E-state index in [0.717, 1.165) is 19.4 Å². The summed E-state index contributed by atoms with van der Waals surface area (Å²) in [5.74, 6) is 0. The first-order valence-corrected chi connectivity index (χ1v) is 4.31. The molecule has 66 valence electrons. The Hall–Kier alpha value is -0.900. The second-order valence-corrected chi connectivity index (χ2v) is 3.65. The van der Waals surface area contributed by atoms with E-state index in [1.165, 1.54) is 0 Å². The van der Waals surface area contributed by atoms with Crippen LogP contribution in [0.3, 0.4) is 0 Å². The monoisotopic (exact) mass is 167 g/mol. The lowest BCUT2D eigenvalue weighted by Crippen LogP contribution is -2.54. The molecular weight excluding hydrogens is 154 g/mol. The zero-order valence-corrected chi connectivity index (χ0v) is 7.13. The van der Waals surface area contributed by atoms with Crippen molar-refractivity contribution in [2.24, 2.45) is 4.99 Å². The highest BCUT2D eigenvalue weighted by Crippen LogP contribution is 2.22. The first-order chi connectivity index (χ1) is 5.70. The number of carbonyl (C=O) groups is 1. The molecule has 2 rings (SSSR count). The van der Waals surface area contributed by atoms with Crippen LogP contribution in [0.2, 0.25) is 0 Å². The Balaban J connectivity index is 2.11. The van der Waals surface area contributed by atoms with Gasteiger partial charge >= 0.3 is 6.03 Å². The van der Waals surface area contributed by atoms with Crippen LogP contribution in [0.25, 0.3) is 0 Å². The average Bonchev–Trinajstić information content (AvgIpc) is 2.32. The molecule has 2 heterocycles. The minimum Gasteiger partial charge on any atom is -0.326 e. The largest absolute Gasteiger partial charge is 0.341 e. The molecule has 0 aromatic carbocycles. The van der Waals surface area contributed by atoms with Gasteiger partial charge in [0.2, 0.25) is 0 Å². The number of hydrogen-bond acceptors (Lipinski definition) is 2. The fourth-order valence-corrected chi connectivity index (χ4v) is 1.95. The molecule has 2 amide bonds. The van der Waals surface area contributed by atoms with Crippen LogP contribution in [0.4, 0.5) is 4.79 Å². The summed E-state index contributed by atoms with van der Waals surface area (Å²) < 4.78 is 0. The normalized spacial score (nSPS) is 40.4. The quantitative estimate of drug-likeness (QED) is 0.545. The van der Waals surface area contributed by atoms with Gasteiger partial charge in [-0.15, -0.1) is 0 Å². The van der Waals surface area contributed by atoms with Gasteiger partial charge in [-0.05, 0) is 26.3 Å². The molecule has 12 heavy (non-hydrogen) atoms. The predicted octanol–water partition coefficient (Wildman–Crippen LogP) is 0.291. The Bertz CT molecular complexity index is 238. The van der Waals surface area contributed by atoms with Gasteiger partial charge in [-0.3, -0.25) is 0 Å². The first kappa shape index (κ1) is 7.73. The van der Waals surface area contributed by atoms with Crippen molar-refractivity contribution >= 4 is 12.2 Å². The van der Waals surface area contributed by atoms with Crippen LogP contribution < -0.4 is 10.6 Å². The van der Waals surface area contributed by atoms with Gasteiger partial charge in [-0.25, -0.2) is 9.79 Å². The van der Waals surface area contributed by atoms with Gasteiger partial charge in [0.25, 0.3) is 0 Å². The molecule has 0 radical (unpaired) electrons. The van der Waals surface area contributed by atoms with E-state index in [-0.39, 0.29) is 11.6 Å². The number of aliphatic imine (C=N–C) groups is 1. The second kappa shape index (κ2) is 2.55. The Morgan fingerprint density at radius 3 is 3.17 bits per heavy atom. The van der Waals surface area contributed by atoms with Crippen LogP contribution in [0.5, 0.6) is 0 Å². The van der Waals surface area contributed by atoms with E-state index in [0.29, 0.717) is 6.04 Å². The third-order valence-electron chi connectivity index (χ3n) is 2.52. The standard InChI is InChI=1S/C8H13N3O/c1-6-4-8(2-3-9-6)5-10-7(12)11-8/h5-6,9H,2-4H2,1H3,(H,11,12). The van der Waals surface area contributed by atoms with Crippen molar-refractivity contribution in [2.45, 2.75) is 31.3 Å². The fourth-order valence-electron chi connectivity index (χ4n) is 1.95. The van der Waals surface area contributed by atoms with Gasteiger partial charge in [-0.2, -0.15) is 0 Å². The van der Waals surface area contributed by atoms with Gasteiger partial charge in [0.05, 0.1) is 5.54 Å². The lowest BCUT2D eigenvalue weighted by Gasteiger charge is -2.35. The van der Waals surface area contributed by atoms with Crippen LogP contribution in [0.15, 0.2) is 4.99 Å². The molecule has 0 aliphatic carbocycles. The zero-order valence-electron chi connectivity index (χ0n) is 7.13. The average molecular weight is 167 g/mol. The van der Waals surface area contributed by atoms with Gasteiger partial charge < -0.3 is 10.6 Å². The summed E-state index contributed by atoms with van der Waals surface area (Å²) in [6.07, 6.45) is 3.67. The van der Waals surface area contributed by atoms with Crippen molar-refractivity contribution in [1.29, 1.82) is 0 Å². The Kier molecular flexibility index (Phi) is 1.65. The highest BCUT2D eigenvalue weighted by Gasteiger charge is 2.37. The molecule has 0 bridgehead atoms. The SMILES string of the molecule is CC1CC2(C=NC(=O)N2)CCN1. The van der Waals surface area contributed by atoms with E-state index in [4.69, 9.17) is 0 Å². The molecular formula is C8H13N3O. The maximum absolute atomic E-state index is 10.9.